The van der Waals surface area contributed by atoms with Crippen molar-refractivity contribution in [3.8, 4) is 0 Å². The lowest BCUT2D eigenvalue weighted by Crippen LogP contribution is -2.23. The van der Waals surface area contributed by atoms with Crippen LogP contribution >= 0.6 is 0 Å². The minimum Gasteiger partial charge on any atom is -0.449 e. The van der Waals surface area contributed by atoms with Gasteiger partial charge < -0.3 is 4.42 Å². The van der Waals surface area contributed by atoms with Crippen LogP contribution in [0, 0.1) is 12.7 Å². The number of benzene rings is 1. The highest BCUT2D eigenvalue weighted by Crippen LogP contribution is 2.10. The second-order valence-electron chi connectivity index (χ2n) is 3.64. The Hall–Kier alpha value is -1.73. The van der Waals surface area contributed by atoms with Crippen molar-refractivity contribution in [1.82, 2.24) is 9.71 Å². The minimum absolute atomic E-state index is 0.00381. The van der Waals surface area contributed by atoms with Crippen molar-refractivity contribution in [2.24, 2.45) is 0 Å². The first-order chi connectivity index (χ1) is 8.47. The first kappa shape index (κ1) is 12.7. The summed E-state index contributed by atoms with van der Waals surface area (Å²) in [5.41, 5.74) is 0.484. The van der Waals surface area contributed by atoms with Crippen LogP contribution in [0.1, 0.15) is 11.6 Å². The largest absolute Gasteiger partial charge is 0.449 e. The number of nitrogens with zero attached hydrogens (tertiary/aromatic N) is 1. The zero-order chi connectivity index (χ0) is 13.2. The van der Waals surface area contributed by atoms with Gasteiger partial charge in [0, 0.05) is 6.92 Å². The summed E-state index contributed by atoms with van der Waals surface area (Å²) in [6.45, 7) is 1.69. The molecule has 0 atom stereocenters. The lowest BCUT2D eigenvalue weighted by Gasteiger charge is -2.04. The first-order valence-corrected chi connectivity index (χ1v) is 6.62. The van der Waals surface area contributed by atoms with Gasteiger partial charge in [0.25, 0.3) is 0 Å². The smallest absolute Gasteiger partial charge is 0.240 e. The normalized spacial score (nSPS) is 11.7. The number of aromatic nitrogens is 1. The van der Waals surface area contributed by atoms with Gasteiger partial charge in [-0.2, -0.15) is 0 Å². The van der Waals surface area contributed by atoms with Gasteiger partial charge in [0.2, 0.25) is 10.0 Å². The molecule has 96 valence electrons. The quantitative estimate of drug-likeness (QED) is 0.916. The molecule has 1 heterocycles. The van der Waals surface area contributed by atoms with E-state index < -0.39 is 15.8 Å². The van der Waals surface area contributed by atoms with Crippen LogP contribution in [-0.4, -0.2) is 13.4 Å². The predicted molar refractivity (Wildman–Crippen MR) is 61.7 cm³/mol. The van der Waals surface area contributed by atoms with Crippen LogP contribution in [0.25, 0.3) is 0 Å². The molecule has 2 rings (SSSR count). The van der Waals surface area contributed by atoms with Crippen molar-refractivity contribution in [2.75, 3.05) is 0 Å². The second kappa shape index (κ2) is 4.87. The van der Waals surface area contributed by atoms with Crippen molar-refractivity contribution >= 4 is 10.0 Å². The number of oxazole rings is 1. The summed E-state index contributed by atoms with van der Waals surface area (Å²) in [7, 11) is -3.66. The molecule has 0 saturated heterocycles. The Kier molecular flexibility index (Phi) is 3.44. The lowest BCUT2D eigenvalue weighted by molar-refractivity contribution is 0.520. The maximum atomic E-state index is 12.7. The molecule has 0 saturated carbocycles. The van der Waals surface area contributed by atoms with Crippen LogP contribution in [0.2, 0.25) is 0 Å². The molecule has 2 aromatic rings. The molecular formula is C11H11FN2O3S. The number of halogens is 1. The first-order valence-electron chi connectivity index (χ1n) is 5.13. The molecule has 0 amide bonds. The van der Waals surface area contributed by atoms with E-state index >= 15 is 0 Å². The summed E-state index contributed by atoms with van der Waals surface area (Å²) < 4.78 is 43.7. The Morgan fingerprint density at radius 2 is 2.00 bits per heavy atom. The zero-order valence-corrected chi connectivity index (χ0v) is 10.4. The minimum atomic E-state index is -3.66. The monoisotopic (exact) mass is 270 g/mol. The fraction of sp³-hybridized carbons (Fsp3) is 0.182. The van der Waals surface area contributed by atoms with Gasteiger partial charge >= 0.3 is 0 Å². The molecule has 5 nitrogen and oxygen atoms in total. The topological polar surface area (TPSA) is 72.2 Å². The second-order valence-corrected chi connectivity index (χ2v) is 5.40. The molecule has 0 radical (unpaired) electrons. The van der Waals surface area contributed by atoms with Gasteiger partial charge in [-0.25, -0.2) is 22.5 Å². The molecule has 1 aromatic carbocycles. The SMILES string of the molecule is Cc1nc(CNS(=O)(=O)c2ccc(F)cc2)co1. The number of aryl methyl sites for hydroxylation is 1. The lowest BCUT2D eigenvalue weighted by atomic mass is 10.4. The molecule has 0 fully saturated rings. The number of rotatable bonds is 4. The third-order valence-corrected chi connectivity index (χ3v) is 3.65. The summed E-state index contributed by atoms with van der Waals surface area (Å²) in [5.74, 6) is -0.0212. The molecule has 0 unspecified atom stereocenters. The van der Waals surface area contributed by atoms with E-state index in [-0.39, 0.29) is 11.4 Å². The molecule has 0 aliphatic carbocycles. The number of sulfonamides is 1. The van der Waals surface area contributed by atoms with Crippen LogP contribution in [0.15, 0.2) is 39.8 Å². The van der Waals surface area contributed by atoms with E-state index in [0.717, 1.165) is 12.1 Å². The summed E-state index contributed by atoms with van der Waals surface area (Å²) in [5, 5.41) is 0. The average molecular weight is 270 g/mol. The van der Waals surface area contributed by atoms with E-state index in [9.17, 15) is 12.8 Å². The highest BCUT2D eigenvalue weighted by Gasteiger charge is 2.14. The van der Waals surface area contributed by atoms with E-state index in [4.69, 9.17) is 4.42 Å². The number of hydrogen-bond donors (Lipinski definition) is 1. The fourth-order valence-electron chi connectivity index (χ4n) is 1.36. The van der Waals surface area contributed by atoms with E-state index in [0.29, 0.717) is 11.6 Å². The predicted octanol–water partition coefficient (Wildman–Crippen LogP) is 1.60. The summed E-state index contributed by atoms with van der Waals surface area (Å²) in [4.78, 5) is 3.97. The molecule has 18 heavy (non-hydrogen) atoms. The Balaban J connectivity index is 2.10. The van der Waals surface area contributed by atoms with Gasteiger partial charge in [0.15, 0.2) is 5.89 Å². The number of nitrogens with one attached hydrogen (secondary N) is 1. The van der Waals surface area contributed by atoms with Crippen molar-refractivity contribution < 1.29 is 17.2 Å². The standard InChI is InChI=1S/C11H11FN2O3S/c1-8-14-10(7-17-8)6-13-18(15,16)11-4-2-9(12)3-5-11/h2-5,7,13H,6H2,1H3. The van der Waals surface area contributed by atoms with Crippen LogP contribution in [-0.2, 0) is 16.6 Å². The third-order valence-electron chi connectivity index (χ3n) is 2.23. The molecule has 0 aliphatic heterocycles. The summed E-state index contributed by atoms with van der Waals surface area (Å²) in [6, 6.07) is 4.58. The van der Waals surface area contributed by atoms with E-state index in [1.54, 1.807) is 6.92 Å². The Morgan fingerprint density at radius 1 is 1.33 bits per heavy atom. The number of hydrogen-bond acceptors (Lipinski definition) is 4. The van der Waals surface area contributed by atoms with Crippen molar-refractivity contribution in [1.29, 1.82) is 0 Å². The molecule has 7 heteroatoms. The van der Waals surface area contributed by atoms with Crippen LogP contribution in [0.5, 0.6) is 0 Å². The van der Waals surface area contributed by atoms with Crippen molar-refractivity contribution in [3.63, 3.8) is 0 Å². The Labute approximate surface area is 104 Å². The van der Waals surface area contributed by atoms with Gasteiger partial charge in [-0.3, -0.25) is 0 Å². The van der Waals surface area contributed by atoms with Gasteiger partial charge in [-0.15, -0.1) is 0 Å². The van der Waals surface area contributed by atoms with Gasteiger partial charge in [0.1, 0.15) is 12.1 Å². The van der Waals surface area contributed by atoms with Gasteiger partial charge in [0.05, 0.1) is 17.1 Å². The maximum absolute atomic E-state index is 12.7. The Morgan fingerprint density at radius 3 is 2.56 bits per heavy atom. The highest BCUT2D eigenvalue weighted by atomic mass is 32.2. The molecule has 1 aromatic heterocycles. The van der Waals surface area contributed by atoms with Gasteiger partial charge in [-0.05, 0) is 24.3 Å². The summed E-state index contributed by atoms with van der Waals surface area (Å²) >= 11 is 0. The maximum Gasteiger partial charge on any atom is 0.240 e. The van der Waals surface area contributed by atoms with E-state index in [2.05, 4.69) is 9.71 Å². The fourth-order valence-corrected chi connectivity index (χ4v) is 2.35. The van der Waals surface area contributed by atoms with Crippen LogP contribution in [0.3, 0.4) is 0 Å². The highest BCUT2D eigenvalue weighted by molar-refractivity contribution is 7.89. The molecular weight excluding hydrogens is 259 g/mol. The van der Waals surface area contributed by atoms with Crippen LogP contribution < -0.4 is 4.72 Å². The van der Waals surface area contributed by atoms with Gasteiger partial charge in [-0.1, -0.05) is 0 Å². The molecule has 0 bridgehead atoms. The molecule has 0 aliphatic rings. The van der Waals surface area contributed by atoms with E-state index in [1.165, 1.54) is 18.4 Å². The molecule has 0 spiro atoms. The van der Waals surface area contributed by atoms with E-state index in [1.807, 2.05) is 0 Å². The summed E-state index contributed by atoms with van der Waals surface area (Å²) in [6.07, 6.45) is 1.38. The zero-order valence-electron chi connectivity index (χ0n) is 9.55. The van der Waals surface area contributed by atoms with Crippen LogP contribution in [0.4, 0.5) is 4.39 Å². The van der Waals surface area contributed by atoms with Crippen molar-refractivity contribution in [3.05, 3.63) is 47.9 Å². The molecule has 1 N–H and O–H groups in total. The van der Waals surface area contributed by atoms with Crippen molar-refractivity contribution in [2.45, 2.75) is 18.4 Å². The third kappa shape index (κ3) is 2.93. The average Bonchev–Trinajstić information content (AvgIpc) is 2.73. The Bertz CT molecular complexity index is 635.